The van der Waals surface area contributed by atoms with Crippen molar-refractivity contribution in [3.8, 4) is 0 Å². The third kappa shape index (κ3) is 5.93. The van der Waals surface area contributed by atoms with E-state index in [-0.39, 0.29) is 16.1 Å². The van der Waals surface area contributed by atoms with E-state index in [2.05, 4.69) is 80.5 Å². The Balaban J connectivity index is 2.85. The second kappa shape index (κ2) is 8.93. The quantitative estimate of drug-likeness (QED) is 0.641. The van der Waals surface area contributed by atoms with Crippen molar-refractivity contribution in [2.45, 2.75) is 78.0 Å². The third-order valence-electron chi connectivity index (χ3n) is 3.26. The predicted molar refractivity (Wildman–Crippen MR) is 101 cm³/mol. The first kappa shape index (κ1) is 19.5. The zero-order valence-corrected chi connectivity index (χ0v) is 16.9. The highest BCUT2D eigenvalue weighted by molar-refractivity contribution is 7.60. The van der Waals surface area contributed by atoms with Gasteiger partial charge in [0.05, 0.1) is 0 Å². The van der Waals surface area contributed by atoms with Crippen LogP contribution < -0.4 is 10.2 Å². The molecule has 0 saturated carbocycles. The highest BCUT2D eigenvalue weighted by Gasteiger charge is 2.20. The molecular weight excluding hydrogens is 312 g/mol. The molecule has 2 N–H and O–H groups in total. The number of anilines is 2. The minimum Gasteiger partial charge on any atom is -0.333 e. The summed E-state index contributed by atoms with van der Waals surface area (Å²) in [7, 11) is -0.676. The second-order valence-corrected chi connectivity index (χ2v) is 12.8. The van der Waals surface area contributed by atoms with Crippen LogP contribution in [-0.4, -0.2) is 37.6 Å². The summed E-state index contributed by atoms with van der Waals surface area (Å²) >= 11 is 0. The predicted octanol–water partition coefficient (Wildman–Crippen LogP) is 5.12. The average Bonchev–Trinajstić information content (AvgIpc) is 2.41. The summed E-state index contributed by atoms with van der Waals surface area (Å²) in [4.78, 5) is 13.2. The van der Waals surface area contributed by atoms with Gasteiger partial charge in [-0.3, -0.25) is 0 Å². The number of hydrogen-bond acceptors (Lipinski definition) is 5. The third-order valence-corrected chi connectivity index (χ3v) is 8.62. The molecule has 1 aromatic heterocycles. The Morgan fingerprint density at radius 2 is 1.00 bits per heavy atom. The highest BCUT2D eigenvalue weighted by Crippen LogP contribution is 2.46. The van der Waals surface area contributed by atoms with Crippen LogP contribution in [0.2, 0.25) is 0 Å². The summed E-state index contributed by atoms with van der Waals surface area (Å²) in [5, 5.41) is 7.04. The van der Waals surface area contributed by atoms with E-state index in [0.717, 1.165) is 0 Å². The molecule has 7 heteroatoms. The number of rotatable bonds is 8. The fourth-order valence-electron chi connectivity index (χ4n) is 2.34. The molecule has 1 heterocycles. The molecule has 0 bridgehead atoms. The Morgan fingerprint density at radius 1 is 0.682 bits per heavy atom. The van der Waals surface area contributed by atoms with Crippen LogP contribution in [0.4, 0.5) is 11.9 Å². The van der Waals surface area contributed by atoms with Gasteiger partial charge in [0.15, 0.2) is 0 Å². The molecule has 0 spiro atoms. The Kier molecular flexibility index (Phi) is 7.93. The number of nitrogens with one attached hydrogen (secondary N) is 2. The van der Waals surface area contributed by atoms with Gasteiger partial charge in [0.1, 0.15) is 6.33 Å². The van der Waals surface area contributed by atoms with E-state index in [0.29, 0.717) is 34.5 Å². The first-order chi connectivity index (χ1) is 10.2. The van der Waals surface area contributed by atoms with Gasteiger partial charge < -0.3 is 10.2 Å². The minimum absolute atomic E-state index is 0.338. The summed E-state index contributed by atoms with van der Waals surface area (Å²) in [5.74, 6) is 1.38. The zero-order chi connectivity index (χ0) is 16.9. The lowest BCUT2D eigenvalue weighted by Crippen LogP contribution is -2.14. The fourth-order valence-corrected chi connectivity index (χ4v) is 6.44. The molecule has 126 valence electrons. The van der Waals surface area contributed by atoms with Crippen molar-refractivity contribution in [2.24, 2.45) is 0 Å². The maximum Gasteiger partial charge on any atom is 0.230 e. The Morgan fingerprint density at radius 3 is 1.27 bits per heavy atom. The van der Waals surface area contributed by atoms with Crippen molar-refractivity contribution >= 4 is 28.0 Å². The number of aromatic nitrogens is 3. The molecule has 0 radical (unpaired) electrons. The molecule has 0 unspecified atom stereocenters. The van der Waals surface area contributed by atoms with Crippen LogP contribution in [0.3, 0.4) is 0 Å². The standard InChI is InChI=1S/C15H31N5P2/c1-10(2)21(11(3)4)19-14-16-9-17-15(18-14)20-22(12(5)6)13(7)8/h9-13H,1-8H3,(H2,16,17,18,19,20). The van der Waals surface area contributed by atoms with Crippen molar-refractivity contribution in [3.63, 3.8) is 0 Å². The van der Waals surface area contributed by atoms with E-state index in [9.17, 15) is 0 Å². The Hall–Kier alpha value is -0.530. The summed E-state index contributed by atoms with van der Waals surface area (Å²) < 4.78 is 0. The SMILES string of the molecule is CC(C)P(Nc1ncnc(NP(C(C)C)C(C)C)n1)C(C)C. The largest absolute Gasteiger partial charge is 0.333 e. The molecule has 1 aromatic rings. The van der Waals surface area contributed by atoms with E-state index < -0.39 is 0 Å². The van der Waals surface area contributed by atoms with Gasteiger partial charge in [0.25, 0.3) is 0 Å². The maximum absolute atomic E-state index is 4.57. The van der Waals surface area contributed by atoms with Crippen molar-refractivity contribution in [1.29, 1.82) is 0 Å². The van der Waals surface area contributed by atoms with Gasteiger partial charge in [-0.25, -0.2) is 9.97 Å². The van der Waals surface area contributed by atoms with E-state index in [1.54, 1.807) is 6.33 Å². The number of hydrogen-bond donors (Lipinski definition) is 2. The molecule has 0 saturated heterocycles. The maximum atomic E-state index is 4.57. The number of nitrogens with zero attached hydrogens (tertiary/aromatic N) is 3. The lowest BCUT2D eigenvalue weighted by atomic mass is 10.5. The summed E-state index contributed by atoms with van der Waals surface area (Å²) in [6.45, 7) is 18.0. The van der Waals surface area contributed by atoms with Crippen LogP contribution in [0.15, 0.2) is 6.33 Å². The van der Waals surface area contributed by atoms with Crippen LogP contribution in [0, 0.1) is 0 Å². The first-order valence-corrected chi connectivity index (χ1v) is 11.0. The van der Waals surface area contributed by atoms with Crippen LogP contribution in [-0.2, 0) is 0 Å². The van der Waals surface area contributed by atoms with Crippen LogP contribution in [0.1, 0.15) is 55.4 Å². The van der Waals surface area contributed by atoms with Gasteiger partial charge in [0, 0.05) is 0 Å². The Labute approximate surface area is 138 Å². The molecule has 1 rings (SSSR count). The minimum atomic E-state index is -0.338. The average molecular weight is 343 g/mol. The molecule has 0 amide bonds. The molecule has 0 aliphatic rings. The molecule has 5 nitrogen and oxygen atoms in total. The summed E-state index contributed by atoms with van der Waals surface area (Å²) in [6.07, 6.45) is 1.60. The molecule has 0 aliphatic carbocycles. The molecule has 0 atom stereocenters. The summed E-state index contributed by atoms with van der Waals surface area (Å²) in [6, 6.07) is 0. The van der Waals surface area contributed by atoms with E-state index >= 15 is 0 Å². The zero-order valence-electron chi connectivity index (χ0n) is 15.1. The lowest BCUT2D eigenvalue weighted by Gasteiger charge is -2.27. The van der Waals surface area contributed by atoms with Crippen molar-refractivity contribution in [1.82, 2.24) is 15.0 Å². The van der Waals surface area contributed by atoms with Gasteiger partial charge in [0.2, 0.25) is 11.9 Å². The van der Waals surface area contributed by atoms with Gasteiger partial charge in [-0.2, -0.15) is 4.98 Å². The van der Waals surface area contributed by atoms with E-state index in [1.165, 1.54) is 0 Å². The van der Waals surface area contributed by atoms with Crippen molar-refractivity contribution < 1.29 is 0 Å². The van der Waals surface area contributed by atoms with Gasteiger partial charge in [-0.1, -0.05) is 55.4 Å². The molecule has 0 aromatic carbocycles. The Bertz CT molecular complexity index is 398. The van der Waals surface area contributed by atoms with Crippen molar-refractivity contribution in [2.75, 3.05) is 10.2 Å². The lowest BCUT2D eigenvalue weighted by molar-refractivity contribution is 0.995. The van der Waals surface area contributed by atoms with Crippen LogP contribution >= 0.6 is 16.1 Å². The van der Waals surface area contributed by atoms with Gasteiger partial charge >= 0.3 is 0 Å². The van der Waals surface area contributed by atoms with Crippen LogP contribution in [0.25, 0.3) is 0 Å². The molecule has 0 aliphatic heterocycles. The molecule has 0 fully saturated rings. The van der Waals surface area contributed by atoms with Gasteiger partial charge in [-0.05, 0) is 38.8 Å². The molecular formula is C15H31N5P2. The van der Waals surface area contributed by atoms with Crippen LogP contribution in [0.5, 0.6) is 0 Å². The van der Waals surface area contributed by atoms with E-state index in [4.69, 9.17) is 0 Å². The smallest absolute Gasteiger partial charge is 0.230 e. The first-order valence-electron chi connectivity index (χ1n) is 8.01. The highest BCUT2D eigenvalue weighted by atomic mass is 31.1. The molecule has 22 heavy (non-hydrogen) atoms. The monoisotopic (exact) mass is 343 g/mol. The van der Waals surface area contributed by atoms with E-state index in [1.807, 2.05) is 0 Å². The second-order valence-electron chi connectivity index (χ2n) is 6.55. The normalized spacial score (nSPS) is 12.3. The van der Waals surface area contributed by atoms with Crippen molar-refractivity contribution in [3.05, 3.63) is 6.33 Å². The topological polar surface area (TPSA) is 62.7 Å². The fraction of sp³-hybridized carbons (Fsp3) is 0.800. The summed E-state index contributed by atoms with van der Waals surface area (Å²) in [5.41, 5.74) is 2.36. The van der Waals surface area contributed by atoms with Gasteiger partial charge in [-0.15, -0.1) is 0 Å².